The number of hydrogen-bond donors (Lipinski definition) is 0. The molecule has 0 atom stereocenters. The minimum Gasteiger partial charge on any atom is -0.0776 e. The zero-order valence-corrected chi connectivity index (χ0v) is 21.8. The zero-order chi connectivity index (χ0) is 23.0. The Balaban J connectivity index is 2.18. The highest BCUT2D eigenvalue weighted by atomic mass is 28.3. The van der Waals surface area contributed by atoms with Crippen molar-refractivity contribution in [3.05, 3.63) is 111 Å². The summed E-state index contributed by atoms with van der Waals surface area (Å²) in [6.45, 7) is 15.8. The van der Waals surface area contributed by atoms with Crippen molar-refractivity contribution in [3.63, 3.8) is 0 Å². The van der Waals surface area contributed by atoms with Crippen molar-refractivity contribution < 1.29 is 0 Å². The Morgan fingerprint density at radius 1 is 0.562 bits per heavy atom. The average molecular weight is 437 g/mol. The molecule has 0 nitrogen and oxygen atoms in total. The molecule has 0 radical (unpaired) electrons. The van der Waals surface area contributed by atoms with Gasteiger partial charge in [-0.25, -0.2) is 0 Å². The highest BCUT2D eigenvalue weighted by Crippen LogP contribution is 2.30. The Hall–Kier alpha value is -2.64. The first-order chi connectivity index (χ1) is 15.2. The van der Waals surface area contributed by atoms with Crippen molar-refractivity contribution in [2.45, 2.75) is 61.3 Å². The summed E-state index contributed by atoms with van der Waals surface area (Å²) >= 11 is 0. The third-order valence-corrected chi connectivity index (χ3v) is 11.6. The third-order valence-electron chi connectivity index (χ3n) is 6.80. The van der Waals surface area contributed by atoms with Crippen LogP contribution in [-0.2, 0) is 0 Å². The Morgan fingerprint density at radius 2 is 0.906 bits per heavy atom. The maximum absolute atomic E-state index is 2.54. The average Bonchev–Trinajstić information content (AvgIpc) is 3.16. The molecule has 0 spiro atoms. The molecule has 0 saturated heterocycles. The molecule has 0 aliphatic heterocycles. The van der Waals surface area contributed by atoms with E-state index in [-0.39, 0.29) is 0 Å². The normalized spacial score (nSPS) is 13.8. The van der Waals surface area contributed by atoms with Crippen LogP contribution in [-0.4, -0.2) is 8.07 Å². The smallest absolute Gasteiger partial charge is 0.0776 e. The fraction of sp³-hybridized carbons (Fsp3) is 0.290. The van der Waals surface area contributed by atoms with Crippen molar-refractivity contribution in [3.8, 4) is 0 Å². The highest BCUT2D eigenvalue weighted by molar-refractivity contribution is 7.16. The summed E-state index contributed by atoms with van der Waals surface area (Å²) in [5.41, 5.74) is 9.61. The van der Waals surface area contributed by atoms with Gasteiger partial charge in [-0.3, -0.25) is 0 Å². The summed E-state index contributed by atoms with van der Waals surface area (Å²) in [5, 5.41) is 6.17. The van der Waals surface area contributed by atoms with Gasteiger partial charge in [-0.2, -0.15) is 0 Å². The molecular formula is C31H36Si. The molecule has 3 aromatic rings. The molecule has 4 rings (SSSR count). The lowest BCUT2D eigenvalue weighted by Gasteiger charge is -2.37. The van der Waals surface area contributed by atoms with Gasteiger partial charge >= 0.3 is 0 Å². The fourth-order valence-electron chi connectivity index (χ4n) is 5.72. The van der Waals surface area contributed by atoms with Crippen molar-refractivity contribution in [2.75, 3.05) is 0 Å². The molecule has 1 aliphatic rings. The van der Waals surface area contributed by atoms with Gasteiger partial charge in [0.25, 0.3) is 0 Å². The van der Waals surface area contributed by atoms with Gasteiger partial charge in [0.05, 0.1) is 0 Å². The molecule has 0 unspecified atom stereocenters. The molecule has 164 valence electrons. The maximum atomic E-state index is 2.54. The second kappa shape index (κ2) is 8.71. The van der Waals surface area contributed by atoms with Crippen molar-refractivity contribution in [1.29, 1.82) is 0 Å². The van der Waals surface area contributed by atoms with E-state index >= 15 is 0 Å². The van der Waals surface area contributed by atoms with Crippen LogP contribution in [0.3, 0.4) is 0 Å². The summed E-state index contributed by atoms with van der Waals surface area (Å²) in [6, 6.07) is 21.8. The standard InChI is InChI=1S/C31H36Si/c1-8-27-9-10-28(20-27)32(29-14-21(2)11-22(3)15-29,30-16-23(4)12-24(5)17-30)31-18-25(6)13-26(7)19-31/h9,11-20H,8,10H2,1-7H3. The van der Waals surface area contributed by atoms with Crippen LogP contribution >= 0.6 is 0 Å². The molecule has 1 heteroatoms. The molecule has 0 amide bonds. The molecule has 3 aromatic carbocycles. The molecule has 1 aliphatic carbocycles. The summed E-state index contributed by atoms with van der Waals surface area (Å²) in [6.07, 6.45) is 7.16. The van der Waals surface area contributed by atoms with E-state index in [0.717, 1.165) is 12.8 Å². The maximum Gasteiger partial charge on any atom is 0.176 e. The third kappa shape index (κ3) is 4.07. The highest BCUT2D eigenvalue weighted by Gasteiger charge is 2.44. The summed E-state index contributed by atoms with van der Waals surface area (Å²) in [7, 11) is -2.43. The predicted molar refractivity (Wildman–Crippen MR) is 143 cm³/mol. The zero-order valence-electron chi connectivity index (χ0n) is 20.8. The van der Waals surface area contributed by atoms with Crippen LogP contribution in [0, 0.1) is 41.5 Å². The largest absolute Gasteiger partial charge is 0.176 e. The molecule has 0 bridgehead atoms. The topological polar surface area (TPSA) is 0 Å². The number of benzene rings is 3. The van der Waals surface area contributed by atoms with E-state index in [0.29, 0.717) is 0 Å². The predicted octanol–water partition coefficient (Wildman–Crippen LogP) is 6.21. The van der Waals surface area contributed by atoms with Gasteiger partial charge in [0, 0.05) is 0 Å². The molecule has 0 saturated carbocycles. The lowest BCUT2D eigenvalue weighted by molar-refractivity contribution is 1.15. The lowest BCUT2D eigenvalue weighted by Crippen LogP contribution is -2.69. The van der Waals surface area contributed by atoms with Gasteiger partial charge in [0.2, 0.25) is 0 Å². The van der Waals surface area contributed by atoms with Gasteiger partial charge in [0.15, 0.2) is 8.07 Å². The van der Waals surface area contributed by atoms with Gasteiger partial charge in [-0.15, -0.1) is 0 Å². The summed E-state index contributed by atoms with van der Waals surface area (Å²) in [5.74, 6) is 0. The SMILES string of the molecule is CCC1=CCC([Si](c2cc(C)cc(C)c2)(c2cc(C)cc(C)c2)c2cc(C)cc(C)c2)=C1. The second-order valence-corrected chi connectivity index (χ2v) is 13.8. The van der Waals surface area contributed by atoms with Gasteiger partial charge in [-0.1, -0.05) is 118 Å². The van der Waals surface area contributed by atoms with Gasteiger partial charge < -0.3 is 0 Å². The Morgan fingerprint density at radius 3 is 1.19 bits per heavy atom. The molecule has 0 heterocycles. The number of aryl methyl sites for hydroxylation is 6. The van der Waals surface area contributed by atoms with Crippen LogP contribution < -0.4 is 15.6 Å². The van der Waals surface area contributed by atoms with E-state index in [1.165, 1.54) is 54.5 Å². The second-order valence-electron chi connectivity index (χ2n) is 9.89. The van der Waals surface area contributed by atoms with E-state index in [1.807, 2.05) is 0 Å². The Kier molecular flexibility index (Phi) is 6.14. The van der Waals surface area contributed by atoms with Crippen molar-refractivity contribution >= 4 is 23.6 Å². The first-order valence-corrected chi connectivity index (χ1v) is 13.9. The van der Waals surface area contributed by atoms with Crippen molar-refractivity contribution in [2.24, 2.45) is 0 Å². The van der Waals surface area contributed by atoms with Gasteiger partial charge in [-0.05, 0) is 69.9 Å². The number of rotatable bonds is 5. The molecule has 0 N–H and O–H groups in total. The molecule has 0 aromatic heterocycles. The van der Waals surface area contributed by atoms with E-state index in [4.69, 9.17) is 0 Å². The molecule has 0 fully saturated rings. The van der Waals surface area contributed by atoms with Crippen LogP contribution in [0.5, 0.6) is 0 Å². The fourth-order valence-corrected chi connectivity index (χ4v) is 11.3. The Bertz CT molecular complexity index is 1050. The van der Waals surface area contributed by atoms with Gasteiger partial charge in [0.1, 0.15) is 0 Å². The van der Waals surface area contributed by atoms with Crippen molar-refractivity contribution in [1.82, 2.24) is 0 Å². The van der Waals surface area contributed by atoms with Crippen LogP contribution in [0.25, 0.3) is 0 Å². The van der Waals surface area contributed by atoms with E-state index < -0.39 is 8.07 Å². The minimum atomic E-state index is -2.43. The quantitative estimate of drug-likeness (QED) is 0.329. The van der Waals surface area contributed by atoms with Crippen LogP contribution in [0.1, 0.15) is 53.1 Å². The van der Waals surface area contributed by atoms with Crippen LogP contribution in [0.2, 0.25) is 0 Å². The number of hydrogen-bond acceptors (Lipinski definition) is 0. The minimum absolute atomic E-state index is 1.06. The molecular weight excluding hydrogens is 400 g/mol. The first-order valence-electron chi connectivity index (χ1n) is 11.9. The lowest BCUT2D eigenvalue weighted by atomic mass is 10.1. The first kappa shape index (κ1) is 22.5. The molecule has 32 heavy (non-hydrogen) atoms. The van der Waals surface area contributed by atoms with Crippen LogP contribution in [0.15, 0.2) is 77.5 Å². The summed E-state index contributed by atoms with van der Waals surface area (Å²) in [4.78, 5) is 0. The van der Waals surface area contributed by atoms with E-state index in [1.54, 1.807) is 5.20 Å². The monoisotopic (exact) mass is 436 g/mol. The van der Waals surface area contributed by atoms with E-state index in [9.17, 15) is 0 Å². The number of allylic oxidation sites excluding steroid dienone is 4. The summed E-state index contributed by atoms with van der Waals surface area (Å²) < 4.78 is 0. The van der Waals surface area contributed by atoms with Crippen LogP contribution in [0.4, 0.5) is 0 Å². The van der Waals surface area contributed by atoms with E-state index in [2.05, 4.69) is 115 Å². The Labute approximate surface area is 195 Å².